The van der Waals surface area contributed by atoms with Gasteiger partial charge in [-0.2, -0.15) is 0 Å². The Morgan fingerprint density at radius 2 is 1.41 bits per heavy atom. The van der Waals surface area contributed by atoms with E-state index in [1.54, 1.807) is 13.8 Å². The zero-order valence-corrected chi connectivity index (χ0v) is 9.94. The smallest absolute Gasteiger partial charge is 0.340 e. The van der Waals surface area contributed by atoms with Crippen LogP contribution in [0, 0.1) is 0 Å². The van der Waals surface area contributed by atoms with Gasteiger partial charge in [0.1, 0.15) is 0 Å². The Morgan fingerprint density at radius 3 is 1.71 bits per heavy atom. The predicted octanol–water partition coefficient (Wildman–Crippen LogP) is -0.814. The Kier molecular flexibility index (Phi) is 6.54. The number of carbonyl (C=O) groups is 4. The van der Waals surface area contributed by atoms with Crippen LogP contribution in [0.4, 0.5) is 0 Å². The highest BCUT2D eigenvalue weighted by Crippen LogP contribution is 1.95. The summed E-state index contributed by atoms with van der Waals surface area (Å²) in [6.45, 7) is 4.21. The topological polar surface area (TPSA) is 98.8 Å². The number of rotatable bonds is 6. The van der Waals surface area contributed by atoms with Crippen LogP contribution in [0.5, 0.6) is 0 Å². The van der Waals surface area contributed by atoms with Crippen molar-refractivity contribution in [2.45, 2.75) is 26.8 Å². The summed E-state index contributed by atoms with van der Waals surface area (Å²) in [5.74, 6) is -3.78. The second-order valence-electron chi connectivity index (χ2n) is 2.97. The molecule has 0 aliphatic carbocycles. The fourth-order valence-electron chi connectivity index (χ4n) is 0.898. The molecule has 96 valence electrons. The van der Waals surface area contributed by atoms with Crippen molar-refractivity contribution >= 4 is 23.6 Å². The summed E-state index contributed by atoms with van der Waals surface area (Å²) in [5.41, 5.74) is 0. The van der Waals surface area contributed by atoms with Gasteiger partial charge in [0.2, 0.25) is 11.8 Å². The normalized spacial score (nSPS) is 9.65. The second kappa shape index (κ2) is 7.37. The van der Waals surface area contributed by atoms with E-state index in [1.165, 1.54) is 0 Å². The predicted molar refractivity (Wildman–Crippen MR) is 55.9 cm³/mol. The molecule has 0 atom stereocenters. The van der Waals surface area contributed by atoms with Crippen LogP contribution in [0.25, 0.3) is 0 Å². The third kappa shape index (κ3) is 5.10. The summed E-state index contributed by atoms with van der Waals surface area (Å²) in [6, 6.07) is -1.61. The molecule has 0 aromatic carbocycles. The molecule has 7 heteroatoms. The summed E-state index contributed by atoms with van der Waals surface area (Å²) in [4.78, 5) is 44.6. The van der Waals surface area contributed by atoms with Crippen molar-refractivity contribution in [2.75, 3.05) is 13.2 Å². The minimum Gasteiger partial charge on any atom is -0.464 e. The van der Waals surface area contributed by atoms with E-state index in [0.29, 0.717) is 0 Å². The molecule has 0 saturated carbocycles. The Balaban J connectivity index is 4.72. The molecular formula is C10H15NO6. The van der Waals surface area contributed by atoms with Gasteiger partial charge in [-0.25, -0.2) is 9.59 Å². The molecule has 0 radical (unpaired) electrons. The quantitative estimate of drug-likeness (QED) is 0.373. The lowest BCUT2D eigenvalue weighted by atomic mass is 10.2. The zero-order chi connectivity index (χ0) is 13.4. The van der Waals surface area contributed by atoms with Gasteiger partial charge >= 0.3 is 11.9 Å². The molecule has 0 aliphatic heterocycles. The van der Waals surface area contributed by atoms with Gasteiger partial charge in [-0.05, 0) is 13.8 Å². The van der Waals surface area contributed by atoms with Crippen molar-refractivity contribution in [1.82, 2.24) is 5.32 Å². The van der Waals surface area contributed by atoms with Gasteiger partial charge in [0.05, 0.1) is 13.2 Å². The van der Waals surface area contributed by atoms with E-state index in [9.17, 15) is 19.2 Å². The SMILES string of the molecule is CCOC(=O)C(NC(=O)C(C)=O)C(=O)OCC. The van der Waals surface area contributed by atoms with Crippen molar-refractivity contribution < 1.29 is 28.7 Å². The van der Waals surface area contributed by atoms with E-state index >= 15 is 0 Å². The molecule has 0 aromatic heterocycles. The molecule has 1 N–H and O–H groups in total. The molecule has 0 unspecified atom stereocenters. The Bertz CT molecular complexity index is 307. The van der Waals surface area contributed by atoms with Gasteiger partial charge in [-0.1, -0.05) is 0 Å². The van der Waals surface area contributed by atoms with E-state index < -0.39 is 29.7 Å². The first-order valence-corrected chi connectivity index (χ1v) is 5.08. The zero-order valence-electron chi connectivity index (χ0n) is 9.94. The third-order valence-corrected chi connectivity index (χ3v) is 1.64. The maximum absolute atomic E-state index is 11.4. The Hall–Kier alpha value is -1.92. The maximum Gasteiger partial charge on any atom is 0.340 e. The average Bonchev–Trinajstić information content (AvgIpc) is 2.25. The standard InChI is InChI=1S/C10H15NO6/c1-4-16-9(14)7(10(15)17-5-2)11-8(13)6(3)12/h7H,4-5H2,1-3H3,(H,11,13). The van der Waals surface area contributed by atoms with Gasteiger partial charge < -0.3 is 14.8 Å². The molecule has 0 spiro atoms. The van der Waals surface area contributed by atoms with Crippen LogP contribution in [-0.4, -0.2) is 42.9 Å². The lowest BCUT2D eigenvalue weighted by Gasteiger charge is -2.14. The van der Waals surface area contributed by atoms with E-state index in [0.717, 1.165) is 6.92 Å². The molecule has 7 nitrogen and oxygen atoms in total. The molecule has 0 saturated heterocycles. The Labute approximate surface area is 98.4 Å². The van der Waals surface area contributed by atoms with Crippen LogP contribution < -0.4 is 5.32 Å². The first kappa shape index (κ1) is 15.1. The highest BCUT2D eigenvalue weighted by atomic mass is 16.6. The first-order chi connectivity index (χ1) is 7.93. The van der Waals surface area contributed by atoms with E-state index in [-0.39, 0.29) is 13.2 Å². The molecule has 17 heavy (non-hydrogen) atoms. The molecule has 0 rings (SSSR count). The van der Waals surface area contributed by atoms with Gasteiger partial charge in [0.15, 0.2) is 0 Å². The van der Waals surface area contributed by atoms with E-state index in [1.807, 2.05) is 5.32 Å². The van der Waals surface area contributed by atoms with Crippen LogP contribution in [0.15, 0.2) is 0 Å². The fraction of sp³-hybridized carbons (Fsp3) is 0.600. The van der Waals surface area contributed by atoms with Crippen LogP contribution in [0.3, 0.4) is 0 Å². The molecule has 1 amide bonds. The van der Waals surface area contributed by atoms with Gasteiger partial charge in [-0.3, -0.25) is 9.59 Å². The molecule has 0 aromatic rings. The number of carbonyl (C=O) groups excluding carboxylic acids is 4. The highest BCUT2D eigenvalue weighted by Gasteiger charge is 2.32. The van der Waals surface area contributed by atoms with E-state index in [2.05, 4.69) is 9.47 Å². The first-order valence-electron chi connectivity index (χ1n) is 5.08. The van der Waals surface area contributed by atoms with Gasteiger partial charge in [0, 0.05) is 6.92 Å². The minimum absolute atomic E-state index is 0.0463. The summed E-state index contributed by atoms with van der Waals surface area (Å²) in [6.07, 6.45) is 0. The number of ketones is 1. The average molecular weight is 245 g/mol. The maximum atomic E-state index is 11.4. The second-order valence-corrected chi connectivity index (χ2v) is 2.97. The number of esters is 2. The third-order valence-electron chi connectivity index (χ3n) is 1.64. The monoisotopic (exact) mass is 245 g/mol. The fourth-order valence-corrected chi connectivity index (χ4v) is 0.898. The van der Waals surface area contributed by atoms with Gasteiger partial charge in [-0.15, -0.1) is 0 Å². The van der Waals surface area contributed by atoms with Crippen molar-refractivity contribution in [2.24, 2.45) is 0 Å². The number of Topliss-reactive ketones (excluding diaryl/α,β-unsaturated/α-hetero) is 1. The largest absolute Gasteiger partial charge is 0.464 e. The summed E-state index contributed by atoms with van der Waals surface area (Å²) in [5, 5.41) is 1.95. The lowest BCUT2D eigenvalue weighted by Crippen LogP contribution is -2.49. The van der Waals surface area contributed by atoms with Crippen LogP contribution in [0.2, 0.25) is 0 Å². The van der Waals surface area contributed by atoms with Crippen LogP contribution in [-0.2, 0) is 28.7 Å². The van der Waals surface area contributed by atoms with Crippen molar-refractivity contribution in [1.29, 1.82) is 0 Å². The number of amides is 1. The molecule has 0 aliphatic rings. The molecule has 0 fully saturated rings. The molecular weight excluding hydrogens is 230 g/mol. The van der Waals surface area contributed by atoms with Crippen molar-refractivity contribution in [3.8, 4) is 0 Å². The lowest BCUT2D eigenvalue weighted by molar-refractivity contribution is -0.159. The van der Waals surface area contributed by atoms with Crippen molar-refractivity contribution in [3.05, 3.63) is 0 Å². The molecule has 0 bridgehead atoms. The van der Waals surface area contributed by atoms with Crippen LogP contribution >= 0.6 is 0 Å². The summed E-state index contributed by atoms with van der Waals surface area (Å²) < 4.78 is 9.17. The number of hydrogen-bond acceptors (Lipinski definition) is 6. The number of ether oxygens (including phenoxy) is 2. The van der Waals surface area contributed by atoms with Crippen LogP contribution in [0.1, 0.15) is 20.8 Å². The Morgan fingerprint density at radius 1 is 1.00 bits per heavy atom. The summed E-state index contributed by atoms with van der Waals surface area (Å²) >= 11 is 0. The number of nitrogens with one attached hydrogen (secondary N) is 1. The summed E-state index contributed by atoms with van der Waals surface area (Å²) in [7, 11) is 0. The van der Waals surface area contributed by atoms with Gasteiger partial charge in [0.25, 0.3) is 5.91 Å². The van der Waals surface area contributed by atoms with Crippen molar-refractivity contribution in [3.63, 3.8) is 0 Å². The van der Waals surface area contributed by atoms with E-state index in [4.69, 9.17) is 0 Å². The minimum atomic E-state index is -1.61. The highest BCUT2D eigenvalue weighted by molar-refractivity contribution is 6.36. The molecule has 0 heterocycles. The number of hydrogen-bond donors (Lipinski definition) is 1.